The molecule has 6 N–H and O–H groups in total. The Bertz CT molecular complexity index is 98.6. The van der Waals surface area contributed by atoms with Crippen molar-refractivity contribution < 1.29 is 4.79 Å². The molecule has 0 saturated carbocycles. The average molecular weight is 117 g/mol. The highest BCUT2D eigenvalue weighted by atomic mass is 16.1. The number of nitrogens with two attached hydrogens (primary N) is 2. The van der Waals surface area contributed by atoms with E-state index in [1.807, 2.05) is 5.43 Å². The van der Waals surface area contributed by atoms with Gasteiger partial charge in [0.05, 0.1) is 0 Å². The Morgan fingerprint density at radius 2 is 2.38 bits per heavy atom. The molecule has 46 valence electrons. The van der Waals surface area contributed by atoms with Crippen molar-refractivity contribution in [3.63, 3.8) is 0 Å². The molecule has 0 bridgehead atoms. The van der Waals surface area contributed by atoms with Crippen LogP contribution >= 0.6 is 0 Å². The van der Waals surface area contributed by atoms with Crippen molar-refractivity contribution in [1.82, 2.24) is 10.7 Å². The first-order chi connectivity index (χ1) is 3.85. The maximum absolute atomic E-state index is 9.59. The van der Waals surface area contributed by atoms with Gasteiger partial charge < -0.3 is 5.84 Å². The molecule has 6 nitrogen and oxygen atoms in total. The van der Waals surface area contributed by atoms with Gasteiger partial charge in [0.1, 0.15) is 0 Å². The van der Waals surface area contributed by atoms with Crippen LogP contribution < -0.4 is 22.4 Å². The van der Waals surface area contributed by atoms with Crippen molar-refractivity contribution in [1.29, 1.82) is 0 Å². The topological polar surface area (TPSA) is 106 Å². The minimum Gasteiger partial charge on any atom is -0.320 e. The molecule has 0 aliphatic rings. The third kappa shape index (κ3) is 1.98. The number of amides is 1. The van der Waals surface area contributed by atoms with Crippen molar-refractivity contribution >= 4 is 12.4 Å². The molecule has 0 aliphatic carbocycles. The molecule has 6 heteroatoms. The van der Waals surface area contributed by atoms with Gasteiger partial charge in [0.15, 0.2) is 0 Å². The van der Waals surface area contributed by atoms with Crippen molar-refractivity contribution in [2.75, 3.05) is 0 Å². The van der Waals surface area contributed by atoms with Crippen LogP contribution in [0.2, 0.25) is 0 Å². The van der Waals surface area contributed by atoms with Gasteiger partial charge in [-0.05, 0) is 0 Å². The molecule has 0 unspecified atom stereocenters. The summed E-state index contributed by atoms with van der Waals surface area (Å²) in [5.41, 5.74) is 2.04. The fourth-order valence-corrected chi connectivity index (χ4v) is 0.172. The molecule has 0 heterocycles. The number of hydrazone groups is 1. The van der Waals surface area contributed by atoms with Gasteiger partial charge in [0.2, 0.25) is 12.4 Å². The Morgan fingerprint density at radius 1 is 1.75 bits per heavy atom. The molecule has 0 saturated heterocycles. The van der Waals surface area contributed by atoms with Crippen LogP contribution in [0.5, 0.6) is 0 Å². The van der Waals surface area contributed by atoms with E-state index >= 15 is 0 Å². The lowest BCUT2D eigenvalue weighted by molar-refractivity contribution is -0.108. The van der Waals surface area contributed by atoms with E-state index in [1.165, 1.54) is 0 Å². The summed E-state index contributed by atoms with van der Waals surface area (Å²) in [6.45, 7) is 0. The molecule has 0 atom stereocenters. The van der Waals surface area contributed by atoms with E-state index in [9.17, 15) is 4.79 Å². The summed E-state index contributed by atoms with van der Waals surface area (Å²) in [4.78, 5) is 9.59. The van der Waals surface area contributed by atoms with Crippen molar-refractivity contribution in [3.05, 3.63) is 0 Å². The van der Waals surface area contributed by atoms with E-state index in [2.05, 4.69) is 10.4 Å². The predicted octanol–water partition coefficient (Wildman–Crippen LogP) is -2.57. The first-order valence-electron chi connectivity index (χ1n) is 1.79. The Morgan fingerprint density at radius 3 is 2.50 bits per heavy atom. The van der Waals surface area contributed by atoms with Gasteiger partial charge in [-0.2, -0.15) is 0 Å². The summed E-state index contributed by atoms with van der Waals surface area (Å²) >= 11 is 0. The molecular weight excluding hydrogens is 110 g/mol. The number of nitrogens with one attached hydrogen (secondary N) is 2. The number of carbonyl (C=O) groups excluding carboxylic acids is 1. The van der Waals surface area contributed by atoms with E-state index in [1.54, 1.807) is 0 Å². The SMILES string of the molecule is N/N=C(\NN)NC=O. The second-order valence-electron chi connectivity index (χ2n) is 0.884. The van der Waals surface area contributed by atoms with Crippen LogP contribution in [0.4, 0.5) is 0 Å². The first kappa shape index (κ1) is 6.70. The van der Waals surface area contributed by atoms with Gasteiger partial charge >= 0.3 is 0 Å². The number of guanidine groups is 1. The maximum atomic E-state index is 9.59. The molecule has 0 aromatic rings. The number of hydrogen-bond acceptors (Lipinski definition) is 4. The maximum Gasteiger partial charge on any atom is 0.234 e. The number of hydrogen-bond donors (Lipinski definition) is 4. The largest absolute Gasteiger partial charge is 0.320 e. The Labute approximate surface area is 45.9 Å². The second-order valence-corrected chi connectivity index (χ2v) is 0.884. The van der Waals surface area contributed by atoms with Gasteiger partial charge in [-0.1, -0.05) is 0 Å². The zero-order valence-electron chi connectivity index (χ0n) is 4.09. The van der Waals surface area contributed by atoms with Crippen molar-refractivity contribution in [3.8, 4) is 0 Å². The summed E-state index contributed by atoms with van der Waals surface area (Å²) in [5.74, 6) is 9.51. The fraction of sp³-hybridized carbons (Fsp3) is 0. The van der Waals surface area contributed by atoms with Crippen LogP contribution in [-0.4, -0.2) is 12.4 Å². The second kappa shape index (κ2) is 3.88. The number of carbonyl (C=O) groups is 1. The monoisotopic (exact) mass is 117 g/mol. The summed E-state index contributed by atoms with van der Waals surface area (Å²) < 4.78 is 0. The van der Waals surface area contributed by atoms with Crippen molar-refractivity contribution in [2.45, 2.75) is 0 Å². The first-order valence-corrected chi connectivity index (χ1v) is 1.79. The zero-order chi connectivity index (χ0) is 6.41. The summed E-state index contributed by atoms with van der Waals surface area (Å²) in [6.07, 6.45) is 0.408. The van der Waals surface area contributed by atoms with Crippen LogP contribution in [-0.2, 0) is 4.79 Å². The zero-order valence-corrected chi connectivity index (χ0v) is 4.09. The Balaban J connectivity index is 3.53. The minimum atomic E-state index is 0.0278. The van der Waals surface area contributed by atoms with Crippen LogP contribution in [0.3, 0.4) is 0 Å². The molecule has 0 rings (SSSR count). The lowest BCUT2D eigenvalue weighted by Gasteiger charge is -1.97. The van der Waals surface area contributed by atoms with Crippen LogP contribution in [0.1, 0.15) is 0 Å². The Hall–Kier alpha value is -1.30. The molecular formula is C2H7N5O. The quantitative estimate of drug-likeness (QED) is 0.0995. The van der Waals surface area contributed by atoms with E-state index in [-0.39, 0.29) is 5.96 Å². The van der Waals surface area contributed by atoms with Crippen LogP contribution in [0, 0.1) is 0 Å². The van der Waals surface area contributed by atoms with E-state index in [4.69, 9.17) is 11.7 Å². The standard InChI is InChI=1S/C2H7N5O/c3-6-2(7-4)5-1-8/h1H,3-4H2,(H2,5,6,7,8). The molecule has 0 aromatic heterocycles. The normalized spacial score (nSPS) is 10.4. The van der Waals surface area contributed by atoms with E-state index in [0.29, 0.717) is 6.41 Å². The smallest absolute Gasteiger partial charge is 0.234 e. The van der Waals surface area contributed by atoms with Gasteiger partial charge in [0.25, 0.3) is 0 Å². The number of rotatable bonds is 1. The summed E-state index contributed by atoms with van der Waals surface area (Å²) in [7, 11) is 0. The molecule has 0 aromatic carbocycles. The van der Waals surface area contributed by atoms with Gasteiger partial charge in [-0.25, -0.2) is 5.84 Å². The lowest BCUT2D eigenvalue weighted by atomic mass is 11.0. The van der Waals surface area contributed by atoms with E-state index in [0.717, 1.165) is 0 Å². The third-order valence-electron chi connectivity index (χ3n) is 0.461. The molecule has 1 amide bonds. The third-order valence-corrected chi connectivity index (χ3v) is 0.461. The van der Waals surface area contributed by atoms with Gasteiger partial charge in [-0.15, -0.1) is 5.10 Å². The van der Waals surface area contributed by atoms with Crippen LogP contribution in [0.25, 0.3) is 0 Å². The minimum absolute atomic E-state index is 0.0278. The van der Waals surface area contributed by atoms with Crippen LogP contribution in [0.15, 0.2) is 5.10 Å². The van der Waals surface area contributed by atoms with Gasteiger partial charge in [0, 0.05) is 0 Å². The predicted molar refractivity (Wildman–Crippen MR) is 28.1 cm³/mol. The molecule has 0 spiro atoms. The number of nitrogens with zero attached hydrogens (tertiary/aromatic N) is 1. The highest BCUT2D eigenvalue weighted by Crippen LogP contribution is 1.49. The number of hydrazine groups is 1. The highest BCUT2D eigenvalue weighted by Gasteiger charge is 1.86. The lowest BCUT2D eigenvalue weighted by Crippen LogP contribution is -2.41. The van der Waals surface area contributed by atoms with Gasteiger partial charge in [-0.3, -0.25) is 15.5 Å². The molecule has 0 fully saturated rings. The Kier molecular flexibility index (Phi) is 3.25. The average Bonchev–Trinajstić information content (AvgIpc) is 1.83. The van der Waals surface area contributed by atoms with Crippen molar-refractivity contribution in [2.24, 2.45) is 16.8 Å². The summed E-state index contributed by atoms with van der Waals surface area (Å²) in [6, 6.07) is 0. The molecule has 8 heavy (non-hydrogen) atoms. The fourth-order valence-electron chi connectivity index (χ4n) is 0.172. The summed E-state index contributed by atoms with van der Waals surface area (Å²) in [5, 5.41) is 5.12. The van der Waals surface area contributed by atoms with E-state index < -0.39 is 0 Å². The highest BCUT2D eigenvalue weighted by molar-refractivity contribution is 5.87. The molecule has 0 aliphatic heterocycles. The molecule has 0 radical (unpaired) electrons.